The molecule has 2 rings (SSSR count). The van der Waals surface area contributed by atoms with Gasteiger partial charge in [0, 0.05) is 26.1 Å². The fraction of sp³-hybridized carbons (Fsp3) is 0.786. The molecule has 0 radical (unpaired) electrons. The smallest absolute Gasteiger partial charge is 0.0945 e. The van der Waals surface area contributed by atoms with Crippen molar-refractivity contribution in [1.82, 2.24) is 9.88 Å². The van der Waals surface area contributed by atoms with Crippen LogP contribution in [-0.4, -0.2) is 41.2 Å². The van der Waals surface area contributed by atoms with Crippen molar-refractivity contribution in [2.24, 2.45) is 0 Å². The van der Waals surface area contributed by atoms with E-state index in [0.29, 0.717) is 12.6 Å². The van der Waals surface area contributed by atoms with Gasteiger partial charge in [0.1, 0.15) is 0 Å². The number of hydrogen-bond donors (Lipinski definition) is 1. The third-order valence-electron chi connectivity index (χ3n) is 3.80. The molecule has 1 atom stereocenters. The molecule has 5 heteroatoms. The van der Waals surface area contributed by atoms with Gasteiger partial charge in [-0.25, -0.2) is 4.98 Å². The number of thiazole rings is 1. The normalized spacial score (nSPS) is 20.9. The predicted octanol–water partition coefficient (Wildman–Crippen LogP) is 2.20. The van der Waals surface area contributed by atoms with Gasteiger partial charge in [-0.05, 0) is 26.3 Å². The third kappa shape index (κ3) is 3.99. The molecule has 2 heterocycles. The van der Waals surface area contributed by atoms with E-state index in [1.54, 1.807) is 18.4 Å². The minimum Gasteiger partial charge on any atom is -0.391 e. The van der Waals surface area contributed by atoms with E-state index in [2.05, 4.69) is 16.8 Å². The zero-order chi connectivity index (χ0) is 13.7. The minimum atomic E-state index is 0.0659. The Labute approximate surface area is 119 Å². The fourth-order valence-electron chi connectivity index (χ4n) is 2.65. The van der Waals surface area contributed by atoms with Crippen molar-refractivity contribution in [3.63, 3.8) is 0 Å². The van der Waals surface area contributed by atoms with Gasteiger partial charge in [0.15, 0.2) is 0 Å². The van der Waals surface area contributed by atoms with Crippen LogP contribution in [-0.2, 0) is 24.4 Å². The Morgan fingerprint density at radius 1 is 1.47 bits per heavy atom. The van der Waals surface area contributed by atoms with Gasteiger partial charge >= 0.3 is 0 Å². The van der Waals surface area contributed by atoms with Crippen LogP contribution >= 0.6 is 11.3 Å². The van der Waals surface area contributed by atoms with Gasteiger partial charge in [0.05, 0.1) is 28.8 Å². The van der Waals surface area contributed by atoms with E-state index in [1.165, 1.54) is 25.8 Å². The van der Waals surface area contributed by atoms with E-state index >= 15 is 0 Å². The second kappa shape index (κ2) is 7.33. The molecule has 19 heavy (non-hydrogen) atoms. The van der Waals surface area contributed by atoms with Crippen molar-refractivity contribution < 1.29 is 9.84 Å². The van der Waals surface area contributed by atoms with Crippen molar-refractivity contribution in [3.05, 3.63) is 15.6 Å². The summed E-state index contributed by atoms with van der Waals surface area (Å²) in [6.07, 6.45) is 4.97. The molecule has 0 aromatic carbocycles. The van der Waals surface area contributed by atoms with Crippen LogP contribution in [0, 0.1) is 0 Å². The highest BCUT2D eigenvalue weighted by Crippen LogP contribution is 2.22. The molecule has 0 bridgehead atoms. The lowest BCUT2D eigenvalue weighted by Gasteiger charge is -2.33. The third-order valence-corrected chi connectivity index (χ3v) is 4.94. The van der Waals surface area contributed by atoms with E-state index in [0.717, 1.165) is 28.5 Å². The molecule has 1 saturated heterocycles. The largest absolute Gasteiger partial charge is 0.391 e. The van der Waals surface area contributed by atoms with E-state index in [1.807, 2.05) is 0 Å². The lowest BCUT2D eigenvalue weighted by molar-refractivity contribution is 0.162. The van der Waals surface area contributed by atoms with Gasteiger partial charge < -0.3 is 14.7 Å². The highest BCUT2D eigenvalue weighted by atomic mass is 32.1. The SMILES string of the molecule is COCc1nc(CCN2CCCCC2C)sc1CO. The predicted molar refractivity (Wildman–Crippen MR) is 77.3 cm³/mol. The molecule has 0 saturated carbocycles. The van der Waals surface area contributed by atoms with Crippen molar-refractivity contribution in [1.29, 1.82) is 0 Å². The van der Waals surface area contributed by atoms with Gasteiger partial charge in [-0.15, -0.1) is 11.3 Å². The van der Waals surface area contributed by atoms with Crippen LogP contribution in [0.4, 0.5) is 0 Å². The summed E-state index contributed by atoms with van der Waals surface area (Å²) in [5.41, 5.74) is 0.900. The summed E-state index contributed by atoms with van der Waals surface area (Å²) in [5.74, 6) is 0. The zero-order valence-corrected chi connectivity index (χ0v) is 12.7. The molecule has 1 aromatic heterocycles. The van der Waals surface area contributed by atoms with Crippen molar-refractivity contribution in [3.8, 4) is 0 Å². The summed E-state index contributed by atoms with van der Waals surface area (Å²) >= 11 is 1.62. The number of methoxy groups -OCH3 is 1. The number of rotatable bonds is 6. The average Bonchev–Trinajstić information content (AvgIpc) is 2.81. The Balaban J connectivity index is 1.91. The summed E-state index contributed by atoms with van der Waals surface area (Å²) in [6.45, 7) is 5.16. The molecule has 0 spiro atoms. The van der Waals surface area contributed by atoms with E-state index in [-0.39, 0.29) is 6.61 Å². The molecular formula is C14H24N2O2S. The number of aromatic nitrogens is 1. The van der Waals surface area contributed by atoms with E-state index in [4.69, 9.17) is 4.74 Å². The standard InChI is InChI=1S/C14H24N2O2S/c1-11-5-3-4-7-16(11)8-6-14-15-12(10-18-2)13(9-17)19-14/h11,17H,3-10H2,1-2H3. The molecule has 108 valence electrons. The van der Waals surface area contributed by atoms with E-state index < -0.39 is 0 Å². The number of hydrogen-bond acceptors (Lipinski definition) is 5. The van der Waals surface area contributed by atoms with Gasteiger partial charge in [-0.2, -0.15) is 0 Å². The lowest BCUT2D eigenvalue weighted by atomic mass is 10.0. The molecular weight excluding hydrogens is 260 g/mol. The molecule has 0 amide bonds. The second-order valence-corrected chi connectivity index (χ2v) is 6.37. The Morgan fingerprint density at radius 2 is 2.32 bits per heavy atom. The number of ether oxygens (including phenoxy) is 1. The second-order valence-electron chi connectivity index (χ2n) is 5.20. The van der Waals surface area contributed by atoms with Gasteiger partial charge in [-0.3, -0.25) is 0 Å². The maximum atomic E-state index is 9.32. The first-order valence-electron chi connectivity index (χ1n) is 7.06. The Kier molecular flexibility index (Phi) is 5.76. The van der Waals surface area contributed by atoms with Gasteiger partial charge in [0.25, 0.3) is 0 Å². The first kappa shape index (κ1) is 14.9. The van der Waals surface area contributed by atoms with Crippen molar-refractivity contribution >= 4 is 11.3 Å². The van der Waals surface area contributed by atoms with Crippen LogP contribution in [0.3, 0.4) is 0 Å². The molecule has 1 aromatic rings. The number of nitrogens with zero attached hydrogens (tertiary/aromatic N) is 2. The Bertz CT molecular complexity index is 395. The molecule has 1 N–H and O–H groups in total. The van der Waals surface area contributed by atoms with Crippen LogP contribution < -0.4 is 0 Å². The topological polar surface area (TPSA) is 45.6 Å². The van der Waals surface area contributed by atoms with Crippen LogP contribution in [0.15, 0.2) is 0 Å². The molecule has 1 aliphatic heterocycles. The minimum absolute atomic E-state index is 0.0659. The van der Waals surface area contributed by atoms with Gasteiger partial charge in [0.2, 0.25) is 0 Å². The summed E-state index contributed by atoms with van der Waals surface area (Å²) in [5, 5.41) is 10.4. The summed E-state index contributed by atoms with van der Waals surface area (Å²) < 4.78 is 5.12. The molecule has 1 aliphatic rings. The lowest BCUT2D eigenvalue weighted by Crippen LogP contribution is -2.38. The Morgan fingerprint density at radius 3 is 3.00 bits per heavy atom. The first-order chi connectivity index (χ1) is 9.24. The highest BCUT2D eigenvalue weighted by molar-refractivity contribution is 7.11. The number of aliphatic hydroxyl groups is 1. The molecule has 1 fully saturated rings. The van der Waals surface area contributed by atoms with Crippen LogP contribution in [0.2, 0.25) is 0 Å². The maximum Gasteiger partial charge on any atom is 0.0945 e. The summed E-state index contributed by atoms with van der Waals surface area (Å²) in [7, 11) is 1.66. The number of aliphatic hydroxyl groups excluding tert-OH is 1. The molecule has 0 aliphatic carbocycles. The fourth-order valence-corrected chi connectivity index (χ4v) is 3.57. The summed E-state index contributed by atoms with van der Waals surface area (Å²) in [4.78, 5) is 8.09. The van der Waals surface area contributed by atoms with Crippen LogP contribution in [0.1, 0.15) is 41.8 Å². The van der Waals surface area contributed by atoms with Crippen LogP contribution in [0.25, 0.3) is 0 Å². The van der Waals surface area contributed by atoms with Crippen molar-refractivity contribution in [2.45, 2.75) is 51.9 Å². The molecule has 1 unspecified atom stereocenters. The first-order valence-corrected chi connectivity index (χ1v) is 7.87. The maximum absolute atomic E-state index is 9.32. The van der Waals surface area contributed by atoms with E-state index in [9.17, 15) is 5.11 Å². The summed E-state index contributed by atoms with van der Waals surface area (Å²) in [6, 6.07) is 0.699. The average molecular weight is 284 g/mol. The number of likely N-dealkylation sites (tertiary alicyclic amines) is 1. The number of piperidine rings is 1. The van der Waals surface area contributed by atoms with Crippen molar-refractivity contribution in [2.75, 3.05) is 20.2 Å². The quantitative estimate of drug-likeness (QED) is 0.870. The zero-order valence-electron chi connectivity index (χ0n) is 11.9. The molecule has 4 nitrogen and oxygen atoms in total. The Hall–Kier alpha value is -0.490. The highest BCUT2D eigenvalue weighted by Gasteiger charge is 2.18. The van der Waals surface area contributed by atoms with Crippen LogP contribution in [0.5, 0.6) is 0 Å². The monoisotopic (exact) mass is 284 g/mol. The van der Waals surface area contributed by atoms with Gasteiger partial charge in [-0.1, -0.05) is 6.42 Å².